The number of nitrogens with one attached hydrogen (secondary N) is 2. The van der Waals surface area contributed by atoms with E-state index in [4.69, 9.17) is 4.74 Å². The van der Waals surface area contributed by atoms with Crippen molar-refractivity contribution in [2.45, 2.75) is 58.6 Å². The molecular weight excluding hydrogens is 212 g/mol. The highest BCUT2D eigenvalue weighted by Crippen LogP contribution is 2.16. The first-order chi connectivity index (χ1) is 8.18. The third kappa shape index (κ3) is 7.74. The molecule has 1 aliphatic rings. The van der Waals surface area contributed by atoms with Crippen molar-refractivity contribution < 1.29 is 4.74 Å². The van der Waals surface area contributed by atoms with Gasteiger partial charge >= 0.3 is 0 Å². The van der Waals surface area contributed by atoms with Gasteiger partial charge in [-0.3, -0.25) is 0 Å². The van der Waals surface area contributed by atoms with Crippen LogP contribution in [0.2, 0.25) is 0 Å². The van der Waals surface area contributed by atoms with Crippen molar-refractivity contribution in [2.24, 2.45) is 5.92 Å². The third-order valence-electron chi connectivity index (χ3n) is 3.22. The van der Waals surface area contributed by atoms with Gasteiger partial charge in [0, 0.05) is 19.2 Å². The van der Waals surface area contributed by atoms with Crippen LogP contribution in [0.5, 0.6) is 0 Å². The number of hydrogen-bond donors (Lipinski definition) is 2. The fourth-order valence-electron chi connectivity index (χ4n) is 2.21. The molecular formula is C14H30N2O. The summed E-state index contributed by atoms with van der Waals surface area (Å²) in [5.41, 5.74) is 0. The van der Waals surface area contributed by atoms with Crippen LogP contribution in [0.25, 0.3) is 0 Å². The molecule has 0 bridgehead atoms. The standard InChI is InChI=1S/C14H30N2O/c1-12(2)10-15-11-13(3)16-8-4-6-14-7-5-9-17-14/h12-16H,4-11H2,1-3H3. The average molecular weight is 242 g/mol. The van der Waals surface area contributed by atoms with Gasteiger partial charge in [-0.05, 0) is 51.6 Å². The first-order valence-electron chi connectivity index (χ1n) is 7.24. The van der Waals surface area contributed by atoms with Crippen molar-refractivity contribution in [1.82, 2.24) is 10.6 Å². The molecule has 0 amide bonds. The molecule has 0 aromatic heterocycles. The van der Waals surface area contributed by atoms with E-state index < -0.39 is 0 Å². The lowest BCUT2D eigenvalue weighted by Crippen LogP contribution is -2.38. The van der Waals surface area contributed by atoms with E-state index in [9.17, 15) is 0 Å². The summed E-state index contributed by atoms with van der Waals surface area (Å²) in [6, 6.07) is 0.568. The van der Waals surface area contributed by atoms with Gasteiger partial charge in [0.05, 0.1) is 6.10 Å². The van der Waals surface area contributed by atoms with Crippen molar-refractivity contribution in [3.05, 3.63) is 0 Å². The summed E-state index contributed by atoms with van der Waals surface area (Å²) >= 11 is 0. The third-order valence-corrected chi connectivity index (χ3v) is 3.22. The predicted octanol–water partition coefficient (Wildman–Crippen LogP) is 2.17. The van der Waals surface area contributed by atoms with Crippen LogP contribution >= 0.6 is 0 Å². The zero-order valence-electron chi connectivity index (χ0n) is 11.8. The number of hydrogen-bond acceptors (Lipinski definition) is 3. The minimum Gasteiger partial charge on any atom is -0.378 e. The summed E-state index contributed by atoms with van der Waals surface area (Å²) in [5, 5.41) is 7.04. The first kappa shape index (κ1) is 14.9. The fourth-order valence-corrected chi connectivity index (χ4v) is 2.21. The lowest BCUT2D eigenvalue weighted by molar-refractivity contribution is 0.102. The SMILES string of the molecule is CC(C)CNCC(C)NCCCC1CCCO1. The molecule has 0 radical (unpaired) electrons. The Labute approximate surface area is 107 Å². The van der Waals surface area contributed by atoms with E-state index in [0.29, 0.717) is 12.1 Å². The lowest BCUT2D eigenvalue weighted by Gasteiger charge is -2.16. The maximum Gasteiger partial charge on any atom is 0.0576 e. The number of ether oxygens (including phenoxy) is 1. The van der Waals surface area contributed by atoms with Crippen molar-refractivity contribution in [1.29, 1.82) is 0 Å². The molecule has 1 heterocycles. The Kier molecular flexibility index (Phi) is 7.82. The van der Waals surface area contributed by atoms with Gasteiger partial charge in [0.2, 0.25) is 0 Å². The van der Waals surface area contributed by atoms with E-state index in [0.717, 1.165) is 32.2 Å². The van der Waals surface area contributed by atoms with E-state index in [2.05, 4.69) is 31.4 Å². The Morgan fingerprint density at radius 2 is 2.06 bits per heavy atom. The minimum atomic E-state index is 0.547. The fraction of sp³-hybridized carbons (Fsp3) is 1.00. The van der Waals surface area contributed by atoms with Crippen molar-refractivity contribution in [3.63, 3.8) is 0 Å². The lowest BCUT2D eigenvalue weighted by atomic mass is 10.1. The van der Waals surface area contributed by atoms with Crippen LogP contribution in [-0.2, 0) is 4.74 Å². The maximum absolute atomic E-state index is 5.61. The molecule has 2 N–H and O–H groups in total. The molecule has 17 heavy (non-hydrogen) atoms. The second-order valence-corrected chi connectivity index (χ2v) is 5.68. The second-order valence-electron chi connectivity index (χ2n) is 5.68. The van der Waals surface area contributed by atoms with Gasteiger partial charge in [-0.25, -0.2) is 0 Å². The molecule has 2 atom stereocenters. The van der Waals surface area contributed by atoms with Crippen LogP contribution in [-0.4, -0.2) is 38.4 Å². The van der Waals surface area contributed by atoms with Gasteiger partial charge in [0.1, 0.15) is 0 Å². The predicted molar refractivity (Wildman–Crippen MR) is 73.4 cm³/mol. The van der Waals surface area contributed by atoms with Crippen molar-refractivity contribution in [2.75, 3.05) is 26.2 Å². The van der Waals surface area contributed by atoms with Crippen LogP contribution in [0, 0.1) is 5.92 Å². The molecule has 1 fully saturated rings. The second kappa shape index (κ2) is 8.90. The van der Waals surface area contributed by atoms with Gasteiger partial charge in [0.25, 0.3) is 0 Å². The molecule has 3 heteroatoms. The van der Waals surface area contributed by atoms with E-state index in [1.807, 2.05) is 0 Å². The average Bonchev–Trinajstić information content (AvgIpc) is 2.76. The summed E-state index contributed by atoms with van der Waals surface area (Å²) in [5.74, 6) is 0.738. The summed E-state index contributed by atoms with van der Waals surface area (Å²) in [6.45, 7) is 11.0. The van der Waals surface area contributed by atoms with Crippen LogP contribution in [0.1, 0.15) is 46.5 Å². The highest BCUT2D eigenvalue weighted by atomic mass is 16.5. The van der Waals surface area contributed by atoms with Crippen LogP contribution in [0.3, 0.4) is 0 Å². The van der Waals surface area contributed by atoms with E-state index in [1.54, 1.807) is 0 Å². The molecule has 0 spiro atoms. The van der Waals surface area contributed by atoms with Crippen molar-refractivity contribution >= 4 is 0 Å². The molecule has 3 nitrogen and oxygen atoms in total. The molecule has 2 unspecified atom stereocenters. The molecule has 1 rings (SSSR count). The van der Waals surface area contributed by atoms with Gasteiger partial charge in [-0.15, -0.1) is 0 Å². The van der Waals surface area contributed by atoms with Crippen molar-refractivity contribution in [3.8, 4) is 0 Å². The zero-order valence-corrected chi connectivity index (χ0v) is 11.8. The van der Waals surface area contributed by atoms with Crippen LogP contribution in [0.15, 0.2) is 0 Å². The Morgan fingerprint density at radius 3 is 2.71 bits per heavy atom. The van der Waals surface area contributed by atoms with Gasteiger partial charge in [0.15, 0.2) is 0 Å². The smallest absolute Gasteiger partial charge is 0.0576 e. The van der Waals surface area contributed by atoms with Crippen LogP contribution < -0.4 is 10.6 Å². The largest absolute Gasteiger partial charge is 0.378 e. The van der Waals surface area contributed by atoms with Gasteiger partial charge in [-0.2, -0.15) is 0 Å². The molecule has 0 aromatic carbocycles. The van der Waals surface area contributed by atoms with E-state index in [-0.39, 0.29) is 0 Å². The van der Waals surface area contributed by atoms with E-state index >= 15 is 0 Å². The zero-order chi connectivity index (χ0) is 12.5. The molecule has 1 aliphatic heterocycles. The Bertz CT molecular complexity index is 179. The summed E-state index contributed by atoms with van der Waals surface area (Å²) in [6.07, 6.45) is 5.53. The van der Waals surface area contributed by atoms with E-state index in [1.165, 1.54) is 25.7 Å². The first-order valence-corrected chi connectivity index (χ1v) is 7.24. The molecule has 1 saturated heterocycles. The highest BCUT2D eigenvalue weighted by Gasteiger charge is 2.14. The summed E-state index contributed by atoms with van der Waals surface area (Å²) < 4.78 is 5.61. The van der Waals surface area contributed by atoms with Gasteiger partial charge < -0.3 is 15.4 Å². The normalized spacial score (nSPS) is 22.2. The topological polar surface area (TPSA) is 33.3 Å². The Morgan fingerprint density at radius 1 is 1.24 bits per heavy atom. The molecule has 102 valence electrons. The number of rotatable bonds is 9. The monoisotopic (exact) mass is 242 g/mol. The molecule has 0 aliphatic carbocycles. The summed E-state index contributed by atoms with van der Waals surface area (Å²) in [7, 11) is 0. The Hall–Kier alpha value is -0.120. The highest BCUT2D eigenvalue weighted by molar-refractivity contribution is 4.68. The molecule has 0 saturated carbocycles. The Balaban J connectivity index is 1.87. The molecule has 0 aromatic rings. The maximum atomic E-state index is 5.61. The van der Waals surface area contributed by atoms with Gasteiger partial charge in [-0.1, -0.05) is 13.8 Å². The summed E-state index contributed by atoms with van der Waals surface area (Å²) in [4.78, 5) is 0. The van der Waals surface area contributed by atoms with Crippen LogP contribution in [0.4, 0.5) is 0 Å². The quantitative estimate of drug-likeness (QED) is 0.608. The minimum absolute atomic E-state index is 0.547.